The lowest BCUT2D eigenvalue weighted by Crippen LogP contribution is -2.18. The van der Waals surface area contributed by atoms with Gasteiger partial charge in [0.2, 0.25) is 5.75 Å². The van der Waals surface area contributed by atoms with Crippen molar-refractivity contribution in [2.24, 2.45) is 5.10 Å². The highest BCUT2D eigenvalue weighted by atomic mass is 35.5. The molecule has 1 amide bonds. The van der Waals surface area contributed by atoms with Crippen LogP contribution in [0, 0.1) is 0 Å². The number of carbonyl (C=O) groups is 2. The maximum atomic E-state index is 12.5. The monoisotopic (exact) mass is 468 g/mol. The number of nitrogens with one attached hydrogen (secondary N) is 1. The van der Waals surface area contributed by atoms with E-state index in [9.17, 15) is 9.59 Å². The van der Waals surface area contributed by atoms with Gasteiger partial charge in [-0.2, -0.15) is 5.10 Å². The van der Waals surface area contributed by atoms with Gasteiger partial charge >= 0.3 is 5.97 Å². The van der Waals surface area contributed by atoms with Gasteiger partial charge in [-0.05, 0) is 54.1 Å². The second-order valence-corrected chi connectivity index (χ2v) is 6.96. The van der Waals surface area contributed by atoms with E-state index < -0.39 is 11.9 Å². The number of nitrogens with zero attached hydrogens (tertiary/aromatic N) is 1. The summed E-state index contributed by atoms with van der Waals surface area (Å²) in [4.78, 5) is 24.7. The van der Waals surface area contributed by atoms with Crippen molar-refractivity contribution >= 4 is 29.7 Å². The van der Waals surface area contributed by atoms with Gasteiger partial charge in [0.05, 0.1) is 38.1 Å². The van der Waals surface area contributed by atoms with Crippen LogP contribution in [0.25, 0.3) is 0 Å². The highest BCUT2D eigenvalue weighted by molar-refractivity contribution is 6.33. The van der Waals surface area contributed by atoms with Crippen molar-refractivity contribution in [3.8, 4) is 23.0 Å². The topological polar surface area (TPSA) is 95.5 Å². The number of hydrogen-bond acceptors (Lipinski definition) is 7. The number of amides is 1. The Morgan fingerprint density at radius 2 is 1.55 bits per heavy atom. The molecule has 0 unspecified atom stereocenters. The number of ether oxygens (including phenoxy) is 4. The number of hydrazone groups is 1. The second kappa shape index (κ2) is 11.0. The molecule has 0 bridgehead atoms. The fraction of sp³-hybridized carbons (Fsp3) is 0.125. The van der Waals surface area contributed by atoms with Gasteiger partial charge in [-0.15, -0.1) is 0 Å². The molecule has 0 radical (unpaired) electrons. The van der Waals surface area contributed by atoms with Gasteiger partial charge in [-0.1, -0.05) is 23.7 Å². The zero-order chi connectivity index (χ0) is 23.8. The van der Waals surface area contributed by atoms with Gasteiger partial charge in [0.15, 0.2) is 11.5 Å². The van der Waals surface area contributed by atoms with Crippen LogP contribution in [0.3, 0.4) is 0 Å². The summed E-state index contributed by atoms with van der Waals surface area (Å²) in [5, 5.41) is 4.27. The number of carbonyl (C=O) groups excluding carboxylic acids is 2. The Balaban J connectivity index is 1.63. The first-order chi connectivity index (χ1) is 16.0. The van der Waals surface area contributed by atoms with Gasteiger partial charge < -0.3 is 18.9 Å². The van der Waals surface area contributed by atoms with E-state index in [0.717, 1.165) is 0 Å². The van der Waals surface area contributed by atoms with Crippen LogP contribution in [0.2, 0.25) is 5.02 Å². The molecule has 0 aliphatic carbocycles. The summed E-state index contributed by atoms with van der Waals surface area (Å²) in [6.07, 6.45) is 1.45. The first kappa shape index (κ1) is 23.6. The average Bonchev–Trinajstić information content (AvgIpc) is 2.84. The zero-order valence-electron chi connectivity index (χ0n) is 18.1. The lowest BCUT2D eigenvalue weighted by atomic mass is 10.1. The molecule has 0 saturated carbocycles. The first-order valence-corrected chi connectivity index (χ1v) is 10.0. The maximum absolute atomic E-state index is 12.5. The van der Waals surface area contributed by atoms with Crippen molar-refractivity contribution < 1.29 is 28.5 Å². The molecule has 3 aromatic carbocycles. The summed E-state index contributed by atoms with van der Waals surface area (Å²) in [6.45, 7) is 0. The minimum absolute atomic E-state index is 0.277. The second-order valence-electron chi connectivity index (χ2n) is 6.55. The van der Waals surface area contributed by atoms with Crippen LogP contribution < -0.4 is 24.4 Å². The van der Waals surface area contributed by atoms with Crippen molar-refractivity contribution in [2.45, 2.75) is 0 Å². The van der Waals surface area contributed by atoms with E-state index in [1.165, 1.54) is 39.7 Å². The van der Waals surface area contributed by atoms with Crippen LogP contribution in [0.1, 0.15) is 26.3 Å². The Kier molecular flexibility index (Phi) is 7.88. The van der Waals surface area contributed by atoms with Crippen LogP contribution in [0.4, 0.5) is 0 Å². The molecule has 3 rings (SSSR count). The third kappa shape index (κ3) is 5.81. The lowest BCUT2D eigenvalue weighted by molar-refractivity contribution is 0.0734. The van der Waals surface area contributed by atoms with E-state index in [0.29, 0.717) is 33.6 Å². The highest BCUT2D eigenvalue weighted by Crippen LogP contribution is 2.38. The molecule has 0 spiro atoms. The number of methoxy groups -OCH3 is 3. The summed E-state index contributed by atoms with van der Waals surface area (Å²) < 4.78 is 21.1. The molecular weight excluding hydrogens is 448 g/mol. The van der Waals surface area contributed by atoms with E-state index in [4.69, 9.17) is 30.5 Å². The van der Waals surface area contributed by atoms with Gasteiger partial charge in [0.25, 0.3) is 5.91 Å². The predicted molar refractivity (Wildman–Crippen MR) is 124 cm³/mol. The standard InChI is InChI=1S/C24H21ClN2O6/c1-30-20-12-16(13-21(31-2)22(20)32-3)23(28)27-26-14-15-8-10-17(11-9-15)33-24(29)18-6-4-5-7-19(18)25/h4-14H,1-3H3,(H,27,28). The molecule has 0 fully saturated rings. The molecule has 0 aromatic heterocycles. The molecule has 170 valence electrons. The Bertz CT molecular complexity index is 1150. The smallest absolute Gasteiger partial charge is 0.345 e. The van der Waals surface area contributed by atoms with Crippen molar-refractivity contribution in [3.63, 3.8) is 0 Å². The molecular formula is C24H21ClN2O6. The van der Waals surface area contributed by atoms with E-state index in [-0.39, 0.29) is 11.1 Å². The normalized spacial score (nSPS) is 10.5. The fourth-order valence-electron chi connectivity index (χ4n) is 2.85. The van der Waals surface area contributed by atoms with E-state index >= 15 is 0 Å². The molecule has 33 heavy (non-hydrogen) atoms. The van der Waals surface area contributed by atoms with Gasteiger partial charge in [-0.25, -0.2) is 10.2 Å². The van der Waals surface area contributed by atoms with E-state index in [1.54, 1.807) is 48.5 Å². The van der Waals surface area contributed by atoms with Crippen LogP contribution in [0.5, 0.6) is 23.0 Å². The summed E-state index contributed by atoms with van der Waals surface area (Å²) in [6, 6.07) is 16.3. The number of hydrogen-bond donors (Lipinski definition) is 1. The molecule has 9 heteroatoms. The molecule has 0 aliphatic rings. The van der Waals surface area contributed by atoms with Crippen LogP contribution >= 0.6 is 11.6 Å². The third-order valence-corrected chi connectivity index (χ3v) is 4.82. The average molecular weight is 469 g/mol. The van der Waals surface area contributed by atoms with Gasteiger partial charge in [0, 0.05) is 5.56 Å². The summed E-state index contributed by atoms with van der Waals surface area (Å²) in [5.74, 6) is 0.421. The van der Waals surface area contributed by atoms with Crippen LogP contribution in [-0.2, 0) is 0 Å². The van der Waals surface area contributed by atoms with Gasteiger partial charge in [0.1, 0.15) is 5.75 Å². The van der Waals surface area contributed by atoms with Gasteiger partial charge in [-0.3, -0.25) is 4.79 Å². The SMILES string of the molecule is COc1cc(C(=O)NN=Cc2ccc(OC(=O)c3ccccc3Cl)cc2)cc(OC)c1OC. The third-order valence-electron chi connectivity index (χ3n) is 4.49. The highest BCUT2D eigenvalue weighted by Gasteiger charge is 2.17. The van der Waals surface area contributed by atoms with E-state index in [2.05, 4.69) is 10.5 Å². The Morgan fingerprint density at radius 3 is 2.12 bits per heavy atom. The first-order valence-electron chi connectivity index (χ1n) is 9.67. The summed E-state index contributed by atoms with van der Waals surface area (Å²) in [7, 11) is 4.41. The maximum Gasteiger partial charge on any atom is 0.345 e. The molecule has 0 heterocycles. The molecule has 8 nitrogen and oxygen atoms in total. The quantitative estimate of drug-likeness (QED) is 0.228. The van der Waals surface area contributed by atoms with Crippen molar-refractivity contribution in [2.75, 3.05) is 21.3 Å². The molecule has 3 aromatic rings. The number of benzene rings is 3. The number of halogens is 1. The molecule has 0 saturated heterocycles. The Hall–Kier alpha value is -4.04. The van der Waals surface area contributed by atoms with Crippen LogP contribution in [0.15, 0.2) is 65.8 Å². The van der Waals surface area contributed by atoms with Crippen LogP contribution in [-0.4, -0.2) is 39.4 Å². The van der Waals surface area contributed by atoms with Crippen molar-refractivity contribution in [1.29, 1.82) is 0 Å². The largest absolute Gasteiger partial charge is 0.493 e. The lowest BCUT2D eigenvalue weighted by Gasteiger charge is -2.13. The molecule has 0 atom stereocenters. The summed E-state index contributed by atoms with van der Waals surface area (Å²) >= 11 is 6.01. The number of esters is 1. The molecule has 1 N–H and O–H groups in total. The Labute approximate surface area is 195 Å². The number of rotatable bonds is 8. The fourth-order valence-corrected chi connectivity index (χ4v) is 3.07. The molecule has 0 aliphatic heterocycles. The van der Waals surface area contributed by atoms with Crippen molar-refractivity contribution in [1.82, 2.24) is 5.43 Å². The minimum Gasteiger partial charge on any atom is -0.493 e. The van der Waals surface area contributed by atoms with E-state index in [1.807, 2.05) is 0 Å². The minimum atomic E-state index is -0.556. The predicted octanol–water partition coefficient (Wildman–Crippen LogP) is 4.35. The Morgan fingerprint density at radius 1 is 0.909 bits per heavy atom. The summed E-state index contributed by atoms with van der Waals surface area (Å²) in [5.41, 5.74) is 3.68. The van der Waals surface area contributed by atoms with Crippen molar-refractivity contribution in [3.05, 3.63) is 82.4 Å². The zero-order valence-corrected chi connectivity index (χ0v) is 18.9.